The van der Waals surface area contributed by atoms with E-state index in [4.69, 9.17) is 4.74 Å². The van der Waals surface area contributed by atoms with E-state index in [0.717, 1.165) is 38.5 Å². The van der Waals surface area contributed by atoms with Crippen LogP contribution >= 0.6 is 0 Å². The summed E-state index contributed by atoms with van der Waals surface area (Å²) in [6, 6.07) is 5.67. The molecule has 1 aliphatic heterocycles. The molecule has 1 saturated carbocycles. The second-order valence-electron chi connectivity index (χ2n) is 6.54. The van der Waals surface area contributed by atoms with Crippen molar-refractivity contribution in [1.29, 1.82) is 0 Å². The van der Waals surface area contributed by atoms with Crippen molar-refractivity contribution < 1.29 is 18.7 Å². The fourth-order valence-corrected chi connectivity index (χ4v) is 3.38. The van der Waals surface area contributed by atoms with Crippen molar-refractivity contribution in [3.05, 3.63) is 30.1 Å². The Morgan fingerprint density at radius 3 is 2.62 bits per heavy atom. The molecule has 130 valence electrons. The fourth-order valence-electron chi connectivity index (χ4n) is 3.38. The van der Waals surface area contributed by atoms with E-state index in [1.165, 1.54) is 12.1 Å². The number of likely N-dealkylation sites (tertiary alicyclic amines) is 1. The predicted molar refractivity (Wildman–Crippen MR) is 88.1 cm³/mol. The van der Waals surface area contributed by atoms with E-state index >= 15 is 0 Å². The normalized spacial score (nSPS) is 21.5. The first kappa shape index (κ1) is 16.7. The van der Waals surface area contributed by atoms with Crippen LogP contribution in [0.25, 0.3) is 0 Å². The van der Waals surface area contributed by atoms with Gasteiger partial charge in [-0.05, 0) is 50.7 Å². The molecule has 1 aliphatic carbocycles. The quantitative estimate of drug-likeness (QED) is 0.860. The van der Waals surface area contributed by atoms with Gasteiger partial charge in [-0.25, -0.2) is 9.18 Å². The summed E-state index contributed by atoms with van der Waals surface area (Å²) >= 11 is 0. The van der Waals surface area contributed by atoms with Gasteiger partial charge >= 0.3 is 12.0 Å². The molecule has 0 aromatic heterocycles. The molecular weight excluding hydrogens is 311 g/mol. The van der Waals surface area contributed by atoms with Gasteiger partial charge in [-0.3, -0.25) is 4.79 Å². The summed E-state index contributed by atoms with van der Waals surface area (Å²) in [5.41, 5.74) is 0.151. The lowest BCUT2D eigenvalue weighted by Gasteiger charge is -2.32. The number of piperidine rings is 1. The Bertz CT molecular complexity index is 602. The number of carbonyl (C=O) groups is 2. The van der Waals surface area contributed by atoms with E-state index in [1.54, 1.807) is 17.0 Å². The Balaban J connectivity index is 1.55. The Morgan fingerprint density at radius 1 is 1.12 bits per heavy atom. The Labute approximate surface area is 141 Å². The van der Waals surface area contributed by atoms with Gasteiger partial charge in [0.25, 0.3) is 0 Å². The monoisotopic (exact) mass is 334 g/mol. The molecule has 5 nitrogen and oxygen atoms in total. The molecule has 24 heavy (non-hydrogen) atoms. The molecule has 0 bridgehead atoms. The van der Waals surface area contributed by atoms with Crippen LogP contribution in [0, 0.1) is 11.7 Å². The van der Waals surface area contributed by atoms with Gasteiger partial charge in [0.15, 0.2) is 0 Å². The smallest absolute Gasteiger partial charge is 0.321 e. The third-order valence-corrected chi connectivity index (χ3v) is 4.74. The second-order valence-corrected chi connectivity index (χ2v) is 6.54. The molecule has 3 rings (SSSR count). The Kier molecular flexibility index (Phi) is 5.33. The van der Waals surface area contributed by atoms with Crippen molar-refractivity contribution in [2.45, 2.75) is 44.6 Å². The van der Waals surface area contributed by atoms with Gasteiger partial charge in [0, 0.05) is 13.1 Å². The highest BCUT2D eigenvalue weighted by atomic mass is 19.1. The summed E-state index contributed by atoms with van der Waals surface area (Å²) in [4.78, 5) is 26.2. The first-order valence-corrected chi connectivity index (χ1v) is 8.64. The van der Waals surface area contributed by atoms with E-state index < -0.39 is 5.82 Å². The van der Waals surface area contributed by atoms with Crippen LogP contribution < -0.4 is 5.32 Å². The first-order valence-electron chi connectivity index (χ1n) is 8.64. The molecule has 1 aromatic carbocycles. The van der Waals surface area contributed by atoms with Crippen LogP contribution in [0.4, 0.5) is 14.9 Å². The predicted octanol–water partition coefficient (Wildman–Crippen LogP) is 3.56. The SMILES string of the molecule is O=C(OC1CCCC1)[C@H]1CCCN(C(=O)Nc2ccccc2F)C1. The second kappa shape index (κ2) is 7.64. The maximum Gasteiger partial charge on any atom is 0.321 e. The molecule has 1 heterocycles. The number of halogens is 1. The fraction of sp³-hybridized carbons (Fsp3) is 0.556. The van der Waals surface area contributed by atoms with Crippen LogP contribution in [-0.4, -0.2) is 36.1 Å². The number of urea groups is 1. The number of esters is 1. The van der Waals surface area contributed by atoms with Gasteiger partial charge in [-0.1, -0.05) is 12.1 Å². The molecule has 2 amide bonds. The van der Waals surface area contributed by atoms with Gasteiger partial charge in [0.05, 0.1) is 11.6 Å². The molecule has 0 spiro atoms. The van der Waals surface area contributed by atoms with Crippen LogP contribution in [0.5, 0.6) is 0 Å². The maximum atomic E-state index is 13.6. The van der Waals surface area contributed by atoms with Gasteiger partial charge < -0.3 is 15.0 Å². The standard InChI is InChI=1S/C18H23FN2O3/c19-15-9-3-4-10-16(15)20-18(23)21-11-5-6-13(12-21)17(22)24-14-7-1-2-8-14/h3-4,9-10,13-14H,1-2,5-8,11-12H2,(H,20,23)/t13-/m0/s1. The van der Waals surface area contributed by atoms with Gasteiger partial charge in [0.1, 0.15) is 11.9 Å². The molecule has 6 heteroatoms. The molecular formula is C18H23FN2O3. The summed E-state index contributed by atoms with van der Waals surface area (Å²) in [7, 11) is 0. The Morgan fingerprint density at radius 2 is 1.88 bits per heavy atom. The molecule has 2 fully saturated rings. The van der Waals surface area contributed by atoms with E-state index in [1.807, 2.05) is 0 Å². The Hall–Kier alpha value is -2.11. The third kappa shape index (κ3) is 4.04. The van der Waals surface area contributed by atoms with E-state index in [2.05, 4.69) is 5.32 Å². The zero-order chi connectivity index (χ0) is 16.9. The average Bonchev–Trinajstić information content (AvgIpc) is 3.10. The molecule has 1 saturated heterocycles. The summed E-state index contributed by atoms with van der Waals surface area (Å²) in [6.45, 7) is 0.888. The lowest BCUT2D eigenvalue weighted by molar-refractivity contribution is -0.155. The lowest BCUT2D eigenvalue weighted by atomic mass is 9.98. The molecule has 0 radical (unpaired) electrons. The first-order chi connectivity index (χ1) is 11.6. The van der Waals surface area contributed by atoms with Gasteiger partial charge in [-0.15, -0.1) is 0 Å². The number of ether oxygens (including phenoxy) is 1. The number of carbonyl (C=O) groups excluding carboxylic acids is 2. The summed E-state index contributed by atoms with van der Waals surface area (Å²) in [5.74, 6) is -0.962. The van der Waals surface area contributed by atoms with Crippen molar-refractivity contribution in [3.63, 3.8) is 0 Å². The number of amides is 2. The minimum absolute atomic E-state index is 0.0418. The maximum absolute atomic E-state index is 13.6. The number of rotatable bonds is 3. The highest BCUT2D eigenvalue weighted by Crippen LogP contribution is 2.25. The molecule has 0 unspecified atom stereocenters. The third-order valence-electron chi connectivity index (χ3n) is 4.74. The zero-order valence-corrected chi connectivity index (χ0v) is 13.7. The van der Waals surface area contributed by atoms with Gasteiger partial charge in [0.2, 0.25) is 0 Å². The van der Waals surface area contributed by atoms with Gasteiger partial charge in [-0.2, -0.15) is 0 Å². The van der Waals surface area contributed by atoms with E-state index in [0.29, 0.717) is 13.1 Å². The van der Waals surface area contributed by atoms with Crippen molar-refractivity contribution in [1.82, 2.24) is 4.90 Å². The van der Waals surface area contributed by atoms with E-state index in [9.17, 15) is 14.0 Å². The van der Waals surface area contributed by atoms with Crippen LogP contribution in [0.15, 0.2) is 24.3 Å². The molecule has 1 N–H and O–H groups in total. The minimum Gasteiger partial charge on any atom is -0.462 e. The van der Waals surface area contributed by atoms with Crippen molar-refractivity contribution in [2.75, 3.05) is 18.4 Å². The number of para-hydroxylation sites is 1. The summed E-state index contributed by atoms with van der Waals surface area (Å²) < 4.78 is 19.2. The average molecular weight is 334 g/mol. The highest BCUT2D eigenvalue weighted by Gasteiger charge is 2.31. The number of hydrogen-bond acceptors (Lipinski definition) is 3. The number of nitrogens with one attached hydrogen (secondary N) is 1. The molecule has 2 aliphatic rings. The number of nitrogens with zero attached hydrogens (tertiary/aromatic N) is 1. The van der Waals surface area contributed by atoms with Crippen LogP contribution in [0.3, 0.4) is 0 Å². The van der Waals surface area contributed by atoms with Crippen LogP contribution in [0.1, 0.15) is 38.5 Å². The number of benzene rings is 1. The topological polar surface area (TPSA) is 58.6 Å². The van der Waals surface area contributed by atoms with Crippen molar-refractivity contribution in [2.24, 2.45) is 5.92 Å². The van der Waals surface area contributed by atoms with E-state index in [-0.39, 0.29) is 29.7 Å². The zero-order valence-electron chi connectivity index (χ0n) is 13.7. The molecule has 1 atom stereocenters. The minimum atomic E-state index is -0.472. The lowest BCUT2D eigenvalue weighted by Crippen LogP contribution is -2.45. The number of hydrogen-bond donors (Lipinski definition) is 1. The van der Waals surface area contributed by atoms with Crippen LogP contribution in [-0.2, 0) is 9.53 Å². The molecule has 1 aromatic rings. The summed E-state index contributed by atoms with van der Waals surface area (Å²) in [5, 5.41) is 2.57. The van der Waals surface area contributed by atoms with Crippen molar-refractivity contribution in [3.8, 4) is 0 Å². The largest absolute Gasteiger partial charge is 0.462 e. The summed E-state index contributed by atoms with van der Waals surface area (Å²) in [6.07, 6.45) is 5.62. The van der Waals surface area contributed by atoms with Crippen LogP contribution in [0.2, 0.25) is 0 Å². The highest BCUT2D eigenvalue weighted by molar-refractivity contribution is 5.90. The number of anilines is 1. The van der Waals surface area contributed by atoms with Crippen molar-refractivity contribution >= 4 is 17.7 Å².